The van der Waals surface area contributed by atoms with Crippen molar-refractivity contribution >= 4 is 63.9 Å². The molecular formula is C35H46Cl2N8O2. The lowest BCUT2D eigenvalue weighted by molar-refractivity contribution is 0.0634. The summed E-state index contributed by atoms with van der Waals surface area (Å²) in [4.78, 5) is 16.6. The molecule has 4 aromatic rings. The van der Waals surface area contributed by atoms with E-state index in [0.717, 1.165) is 94.9 Å². The summed E-state index contributed by atoms with van der Waals surface area (Å²) in [5.74, 6) is 3.21. The molecule has 0 radical (unpaired) electrons. The monoisotopic (exact) mass is 680 g/mol. The molecule has 10 nitrogen and oxygen atoms in total. The van der Waals surface area contributed by atoms with Gasteiger partial charge in [-0.3, -0.25) is 14.7 Å². The molecule has 0 aliphatic carbocycles. The van der Waals surface area contributed by atoms with Crippen LogP contribution in [0.25, 0.3) is 0 Å². The minimum Gasteiger partial charge on any atom is -0.444 e. The normalized spacial score (nSPS) is 14.3. The Kier molecular flexibility index (Phi) is 9.76. The van der Waals surface area contributed by atoms with Gasteiger partial charge in [0.05, 0.1) is 21.4 Å². The SMILES string of the molecule is Cc1cc(C)c(N2CCCc3c2nn(C)c3N)c(Cl)c1.Cc1cc(C)c(N2CCCc3c2nn(C)c3NC(=O)OC(C)(C)C)c(Cl)c1. The Hall–Kier alpha value is -3.89. The van der Waals surface area contributed by atoms with Crippen molar-refractivity contribution in [3.05, 3.63) is 67.7 Å². The van der Waals surface area contributed by atoms with Crippen LogP contribution in [0.4, 0.5) is 39.4 Å². The average molecular weight is 682 g/mol. The molecular weight excluding hydrogens is 635 g/mol. The second-order valence-corrected chi connectivity index (χ2v) is 14.4. The van der Waals surface area contributed by atoms with Crippen LogP contribution in [0, 0.1) is 27.7 Å². The number of benzene rings is 2. The Morgan fingerprint density at radius 1 is 0.809 bits per heavy atom. The number of hydrogen-bond donors (Lipinski definition) is 2. The van der Waals surface area contributed by atoms with Crippen molar-refractivity contribution < 1.29 is 9.53 Å². The number of amides is 1. The smallest absolute Gasteiger partial charge is 0.413 e. The summed E-state index contributed by atoms with van der Waals surface area (Å²) in [6.07, 6.45) is 3.36. The molecule has 2 aromatic carbocycles. The van der Waals surface area contributed by atoms with E-state index < -0.39 is 11.7 Å². The molecule has 0 saturated heterocycles. The summed E-state index contributed by atoms with van der Waals surface area (Å²) in [6.45, 7) is 15.5. The van der Waals surface area contributed by atoms with Crippen LogP contribution >= 0.6 is 23.2 Å². The Morgan fingerprint density at radius 2 is 1.28 bits per heavy atom. The van der Waals surface area contributed by atoms with E-state index in [0.29, 0.717) is 10.8 Å². The van der Waals surface area contributed by atoms with Crippen LogP contribution in [-0.2, 0) is 31.7 Å². The van der Waals surface area contributed by atoms with Gasteiger partial charge in [0.25, 0.3) is 0 Å². The topological polar surface area (TPSA) is 106 Å². The number of aryl methyl sites for hydroxylation is 6. The highest BCUT2D eigenvalue weighted by atomic mass is 35.5. The second-order valence-electron chi connectivity index (χ2n) is 13.5. The lowest BCUT2D eigenvalue weighted by Crippen LogP contribution is -2.28. The largest absolute Gasteiger partial charge is 0.444 e. The third kappa shape index (κ3) is 7.18. The number of nitrogens with one attached hydrogen (secondary N) is 1. The predicted molar refractivity (Wildman–Crippen MR) is 193 cm³/mol. The first-order valence-electron chi connectivity index (χ1n) is 16.0. The van der Waals surface area contributed by atoms with E-state index in [2.05, 4.69) is 58.2 Å². The van der Waals surface area contributed by atoms with Crippen LogP contribution in [0.15, 0.2) is 24.3 Å². The minimum absolute atomic E-state index is 0.477. The van der Waals surface area contributed by atoms with Gasteiger partial charge < -0.3 is 20.3 Å². The molecule has 0 unspecified atom stereocenters. The Morgan fingerprint density at radius 3 is 1.77 bits per heavy atom. The standard InChI is InChI=1S/C20H27ClN4O2.C15H19ClN4/c1-12-10-13(2)16(15(21)11-12)25-9-7-8-14-17(24(6)23-18(14)25)22-19(26)27-20(3,4)5;1-9-7-10(2)13(12(16)8-9)20-6-4-5-11-14(17)19(3)18-15(11)20/h10-11H,7-9H2,1-6H3,(H,22,26);7-8H,4-6,17H2,1-3H3. The Balaban J connectivity index is 0.000000193. The summed E-state index contributed by atoms with van der Waals surface area (Å²) >= 11 is 13.0. The van der Waals surface area contributed by atoms with Crippen molar-refractivity contribution in [2.45, 2.75) is 79.8 Å². The molecule has 2 aliphatic rings. The van der Waals surface area contributed by atoms with Crippen LogP contribution in [0.1, 0.15) is 67.0 Å². The zero-order chi connectivity index (χ0) is 34.4. The van der Waals surface area contributed by atoms with E-state index in [1.54, 1.807) is 9.36 Å². The van der Waals surface area contributed by atoms with Crippen LogP contribution in [0.2, 0.25) is 10.0 Å². The molecule has 4 heterocycles. The van der Waals surface area contributed by atoms with E-state index >= 15 is 0 Å². The molecule has 0 fully saturated rings. The van der Waals surface area contributed by atoms with E-state index in [-0.39, 0.29) is 0 Å². The first kappa shape index (κ1) is 34.4. The van der Waals surface area contributed by atoms with Crippen LogP contribution in [0.3, 0.4) is 0 Å². The number of hydrogen-bond acceptors (Lipinski definition) is 7. The van der Waals surface area contributed by atoms with Crippen LogP contribution < -0.4 is 20.9 Å². The number of anilines is 6. The molecule has 12 heteroatoms. The van der Waals surface area contributed by atoms with Gasteiger partial charge in [0, 0.05) is 38.3 Å². The highest BCUT2D eigenvalue weighted by molar-refractivity contribution is 6.34. The number of nitrogens with two attached hydrogens (primary N) is 1. The number of nitrogen functional groups attached to an aromatic ring is 1. The zero-order valence-electron chi connectivity index (χ0n) is 28.9. The van der Waals surface area contributed by atoms with Crippen molar-refractivity contribution in [1.29, 1.82) is 0 Å². The van der Waals surface area contributed by atoms with Crippen molar-refractivity contribution in [1.82, 2.24) is 19.6 Å². The molecule has 0 bridgehead atoms. The average Bonchev–Trinajstić information content (AvgIpc) is 3.42. The molecule has 1 amide bonds. The van der Waals surface area contributed by atoms with Gasteiger partial charge in [0.1, 0.15) is 17.2 Å². The van der Waals surface area contributed by atoms with Crippen molar-refractivity contribution in [3.8, 4) is 0 Å². The fourth-order valence-electron chi connectivity index (χ4n) is 6.56. The van der Waals surface area contributed by atoms with E-state index in [4.69, 9.17) is 33.7 Å². The van der Waals surface area contributed by atoms with E-state index in [1.807, 2.05) is 53.9 Å². The third-order valence-corrected chi connectivity index (χ3v) is 8.96. The second kappa shape index (κ2) is 13.3. The number of nitrogens with zero attached hydrogens (tertiary/aromatic N) is 6. The number of carbonyl (C=O) groups excluding carboxylic acids is 1. The van der Waals surface area contributed by atoms with Gasteiger partial charge in [0.2, 0.25) is 0 Å². The lowest BCUT2D eigenvalue weighted by atomic mass is 10.0. The fraction of sp³-hybridized carbons (Fsp3) is 0.457. The highest BCUT2D eigenvalue weighted by Gasteiger charge is 2.30. The maximum atomic E-state index is 12.3. The Bertz CT molecular complexity index is 1770. The van der Waals surface area contributed by atoms with Gasteiger partial charge in [-0.05, 0) is 109 Å². The fourth-order valence-corrected chi connectivity index (χ4v) is 7.40. The van der Waals surface area contributed by atoms with Crippen LogP contribution in [0.5, 0.6) is 0 Å². The molecule has 3 N–H and O–H groups in total. The first-order valence-corrected chi connectivity index (χ1v) is 16.8. The summed E-state index contributed by atoms with van der Waals surface area (Å²) in [7, 11) is 3.71. The molecule has 0 atom stereocenters. The predicted octanol–water partition coefficient (Wildman–Crippen LogP) is 8.48. The van der Waals surface area contributed by atoms with Crippen molar-refractivity contribution in [3.63, 3.8) is 0 Å². The van der Waals surface area contributed by atoms with E-state index in [1.165, 1.54) is 11.1 Å². The van der Waals surface area contributed by atoms with Gasteiger partial charge in [0.15, 0.2) is 11.6 Å². The Labute approximate surface area is 287 Å². The van der Waals surface area contributed by atoms with Crippen molar-refractivity contribution in [2.24, 2.45) is 14.1 Å². The number of rotatable bonds is 3. The van der Waals surface area contributed by atoms with Gasteiger partial charge in [-0.15, -0.1) is 0 Å². The molecule has 47 heavy (non-hydrogen) atoms. The van der Waals surface area contributed by atoms with Gasteiger partial charge in [-0.1, -0.05) is 35.3 Å². The third-order valence-electron chi connectivity index (χ3n) is 8.38. The number of carbonyl (C=O) groups is 1. The lowest BCUT2D eigenvalue weighted by Gasteiger charge is -2.30. The molecule has 252 valence electrons. The van der Waals surface area contributed by atoms with Gasteiger partial charge in [-0.25, -0.2) is 4.79 Å². The molecule has 2 aliphatic heterocycles. The summed E-state index contributed by atoms with van der Waals surface area (Å²) in [5.41, 5.74) is 14.3. The van der Waals surface area contributed by atoms with Gasteiger partial charge in [-0.2, -0.15) is 10.2 Å². The maximum absolute atomic E-state index is 12.3. The molecule has 2 aromatic heterocycles. The quantitative estimate of drug-likeness (QED) is 0.223. The van der Waals surface area contributed by atoms with E-state index in [9.17, 15) is 4.79 Å². The number of aromatic nitrogens is 4. The maximum Gasteiger partial charge on any atom is 0.413 e. The summed E-state index contributed by atoms with van der Waals surface area (Å²) in [6, 6.07) is 8.26. The summed E-state index contributed by atoms with van der Waals surface area (Å²) in [5, 5.41) is 13.6. The first-order chi connectivity index (χ1) is 22.1. The van der Waals surface area contributed by atoms with Crippen molar-refractivity contribution in [2.75, 3.05) is 33.9 Å². The summed E-state index contributed by atoms with van der Waals surface area (Å²) < 4.78 is 8.84. The number of ether oxygens (including phenoxy) is 1. The number of halogens is 2. The van der Waals surface area contributed by atoms with Crippen LogP contribution in [-0.4, -0.2) is 44.3 Å². The highest BCUT2D eigenvalue weighted by Crippen LogP contribution is 2.42. The zero-order valence-corrected chi connectivity index (χ0v) is 30.4. The number of fused-ring (bicyclic) bond motifs is 2. The molecule has 0 spiro atoms. The molecule has 0 saturated carbocycles. The molecule has 6 rings (SSSR count). The minimum atomic E-state index is -0.554. The van der Waals surface area contributed by atoms with Gasteiger partial charge >= 0.3 is 6.09 Å².